The zero-order valence-electron chi connectivity index (χ0n) is 6.13. The largest absolute Gasteiger partial charge is 0.398 e. The second kappa shape index (κ2) is 3.67. The molecule has 2 N–H and O–H groups in total. The SMILES string of the molecule is N#CC#Cc1ccc(N)c(Cl)c1. The molecule has 0 radical (unpaired) electrons. The highest BCUT2D eigenvalue weighted by atomic mass is 35.5. The summed E-state index contributed by atoms with van der Waals surface area (Å²) in [4.78, 5) is 0. The minimum Gasteiger partial charge on any atom is -0.398 e. The van der Waals surface area contributed by atoms with E-state index in [1.165, 1.54) is 0 Å². The van der Waals surface area contributed by atoms with Gasteiger partial charge in [0, 0.05) is 11.5 Å². The van der Waals surface area contributed by atoms with Gasteiger partial charge in [-0.05, 0) is 18.2 Å². The first kappa shape index (κ1) is 8.46. The fraction of sp³-hybridized carbons (Fsp3) is 0. The Balaban J connectivity index is 3.07. The first-order valence-corrected chi connectivity index (χ1v) is 3.57. The van der Waals surface area contributed by atoms with Crippen molar-refractivity contribution in [2.75, 3.05) is 5.73 Å². The maximum absolute atomic E-state index is 8.17. The fourth-order valence-corrected chi connectivity index (χ4v) is 0.886. The van der Waals surface area contributed by atoms with E-state index in [-0.39, 0.29) is 0 Å². The molecule has 0 amide bonds. The number of nitriles is 1. The van der Waals surface area contributed by atoms with Crippen molar-refractivity contribution >= 4 is 17.3 Å². The number of nitrogens with two attached hydrogens (primary N) is 1. The molecule has 0 aromatic heterocycles. The van der Waals surface area contributed by atoms with Crippen molar-refractivity contribution in [1.29, 1.82) is 5.26 Å². The highest BCUT2D eigenvalue weighted by Gasteiger charge is 1.94. The molecule has 1 rings (SSSR count). The maximum Gasteiger partial charge on any atom is 0.152 e. The van der Waals surface area contributed by atoms with Crippen molar-refractivity contribution in [3.05, 3.63) is 28.8 Å². The summed E-state index contributed by atoms with van der Waals surface area (Å²) in [5, 5.41) is 8.63. The zero-order valence-corrected chi connectivity index (χ0v) is 6.89. The molecule has 2 nitrogen and oxygen atoms in total. The molecular formula is C9H5ClN2. The van der Waals surface area contributed by atoms with E-state index in [1.54, 1.807) is 24.3 Å². The van der Waals surface area contributed by atoms with Gasteiger partial charge < -0.3 is 5.73 Å². The van der Waals surface area contributed by atoms with Crippen LogP contribution < -0.4 is 5.73 Å². The second-order valence-corrected chi connectivity index (χ2v) is 2.51. The first-order chi connectivity index (χ1) is 5.74. The Hall–Kier alpha value is -1.64. The molecule has 0 atom stereocenters. The molecule has 0 spiro atoms. The minimum absolute atomic E-state index is 0.458. The molecule has 0 heterocycles. The molecule has 0 aliphatic rings. The van der Waals surface area contributed by atoms with Crippen LogP contribution in [0.2, 0.25) is 5.02 Å². The van der Waals surface area contributed by atoms with E-state index in [9.17, 15) is 0 Å². The highest BCUT2D eigenvalue weighted by Crippen LogP contribution is 2.18. The predicted octanol–water partition coefficient (Wildman–Crippen LogP) is 1.80. The van der Waals surface area contributed by atoms with Gasteiger partial charge in [0.1, 0.15) is 0 Å². The molecule has 12 heavy (non-hydrogen) atoms. The van der Waals surface area contributed by atoms with Crippen molar-refractivity contribution in [3.63, 3.8) is 0 Å². The number of halogens is 1. The lowest BCUT2D eigenvalue weighted by molar-refractivity contribution is 1.55. The van der Waals surface area contributed by atoms with Gasteiger partial charge in [-0.2, -0.15) is 5.26 Å². The first-order valence-electron chi connectivity index (χ1n) is 3.19. The third-order valence-electron chi connectivity index (χ3n) is 1.26. The van der Waals surface area contributed by atoms with Gasteiger partial charge in [0.25, 0.3) is 0 Å². The van der Waals surface area contributed by atoms with E-state index in [1.807, 2.05) is 0 Å². The van der Waals surface area contributed by atoms with Crippen LogP contribution >= 0.6 is 11.6 Å². The van der Waals surface area contributed by atoms with E-state index in [2.05, 4.69) is 11.8 Å². The predicted molar refractivity (Wildman–Crippen MR) is 48.4 cm³/mol. The van der Waals surface area contributed by atoms with Gasteiger partial charge in [0.2, 0.25) is 0 Å². The van der Waals surface area contributed by atoms with Crippen LogP contribution in [0.5, 0.6) is 0 Å². The number of hydrogen-bond donors (Lipinski definition) is 1. The fourth-order valence-electron chi connectivity index (χ4n) is 0.705. The van der Waals surface area contributed by atoms with Crippen LogP contribution in [0, 0.1) is 23.2 Å². The molecular weight excluding hydrogens is 172 g/mol. The monoisotopic (exact) mass is 176 g/mol. The van der Waals surface area contributed by atoms with Gasteiger partial charge in [0.05, 0.1) is 10.7 Å². The average Bonchev–Trinajstić information content (AvgIpc) is 2.07. The van der Waals surface area contributed by atoms with Crippen molar-refractivity contribution in [3.8, 4) is 17.9 Å². The summed E-state index contributed by atoms with van der Waals surface area (Å²) in [6.07, 6.45) is 0. The van der Waals surface area contributed by atoms with Crippen LogP contribution in [0.3, 0.4) is 0 Å². The van der Waals surface area contributed by atoms with Gasteiger partial charge in [-0.25, -0.2) is 0 Å². The molecule has 0 saturated carbocycles. The lowest BCUT2D eigenvalue weighted by Crippen LogP contribution is -1.85. The van der Waals surface area contributed by atoms with E-state index < -0.39 is 0 Å². The van der Waals surface area contributed by atoms with Crippen molar-refractivity contribution in [2.24, 2.45) is 0 Å². The number of nitrogens with zero attached hydrogens (tertiary/aromatic N) is 1. The summed E-state index contributed by atoms with van der Waals surface area (Å²) < 4.78 is 0. The maximum atomic E-state index is 8.17. The Bertz CT molecular complexity index is 393. The molecule has 1 aromatic carbocycles. The molecule has 0 aliphatic carbocycles. The van der Waals surface area contributed by atoms with Crippen LogP contribution in [-0.2, 0) is 0 Å². The van der Waals surface area contributed by atoms with Gasteiger partial charge in [0.15, 0.2) is 6.07 Å². The van der Waals surface area contributed by atoms with Crippen LogP contribution in [0.1, 0.15) is 5.56 Å². The van der Waals surface area contributed by atoms with Crippen molar-refractivity contribution in [2.45, 2.75) is 0 Å². The van der Waals surface area contributed by atoms with E-state index >= 15 is 0 Å². The third kappa shape index (κ3) is 1.92. The summed E-state index contributed by atoms with van der Waals surface area (Å²) in [7, 11) is 0. The smallest absolute Gasteiger partial charge is 0.152 e. The van der Waals surface area contributed by atoms with Crippen molar-refractivity contribution < 1.29 is 0 Å². The van der Waals surface area contributed by atoms with Gasteiger partial charge in [-0.1, -0.05) is 17.5 Å². The number of nitrogen functional groups attached to an aromatic ring is 1. The molecule has 1 aromatic rings. The van der Waals surface area contributed by atoms with E-state index in [0.29, 0.717) is 16.3 Å². The number of rotatable bonds is 0. The van der Waals surface area contributed by atoms with E-state index in [4.69, 9.17) is 22.6 Å². The highest BCUT2D eigenvalue weighted by molar-refractivity contribution is 6.33. The minimum atomic E-state index is 0.458. The van der Waals surface area contributed by atoms with E-state index in [0.717, 1.165) is 0 Å². The average molecular weight is 177 g/mol. The topological polar surface area (TPSA) is 49.8 Å². The van der Waals surface area contributed by atoms with Gasteiger partial charge >= 0.3 is 0 Å². The Morgan fingerprint density at radius 1 is 1.42 bits per heavy atom. The van der Waals surface area contributed by atoms with Crippen LogP contribution in [-0.4, -0.2) is 0 Å². The Morgan fingerprint density at radius 2 is 2.17 bits per heavy atom. The van der Waals surface area contributed by atoms with Crippen LogP contribution in [0.4, 0.5) is 5.69 Å². The van der Waals surface area contributed by atoms with Crippen LogP contribution in [0.15, 0.2) is 18.2 Å². The summed E-state index contributed by atoms with van der Waals surface area (Å²) >= 11 is 5.72. The Labute approximate surface area is 75.6 Å². The lowest BCUT2D eigenvalue weighted by atomic mass is 10.2. The molecule has 0 unspecified atom stereocenters. The normalized spacial score (nSPS) is 8.00. The molecule has 0 aliphatic heterocycles. The summed E-state index contributed by atoms with van der Waals surface area (Å²) in [5.41, 5.74) is 6.68. The number of benzene rings is 1. The Kier molecular flexibility index (Phi) is 2.58. The standard InChI is InChI=1S/C9H5ClN2/c10-8-6-7(2-1-5-11)3-4-9(8)12/h3-4,6H,12H2. The zero-order chi connectivity index (χ0) is 8.97. The number of hydrogen-bond acceptors (Lipinski definition) is 2. The quantitative estimate of drug-likeness (QED) is 0.484. The van der Waals surface area contributed by atoms with Crippen LogP contribution in [0.25, 0.3) is 0 Å². The summed E-state index contributed by atoms with van der Waals surface area (Å²) in [6.45, 7) is 0. The van der Waals surface area contributed by atoms with Crippen molar-refractivity contribution in [1.82, 2.24) is 0 Å². The lowest BCUT2D eigenvalue weighted by Gasteiger charge is -1.96. The second-order valence-electron chi connectivity index (χ2n) is 2.10. The van der Waals surface area contributed by atoms with Gasteiger partial charge in [-0.15, -0.1) is 0 Å². The molecule has 0 bridgehead atoms. The molecule has 0 fully saturated rings. The summed E-state index contributed by atoms with van der Waals surface area (Å²) in [6, 6.07) is 6.71. The number of anilines is 1. The molecule has 0 saturated heterocycles. The molecule has 3 heteroatoms. The molecule has 58 valence electrons. The Morgan fingerprint density at radius 3 is 2.75 bits per heavy atom. The summed E-state index contributed by atoms with van der Waals surface area (Å²) in [5.74, 6) is 4.88. The third-order valence-corrected chi connectivity index (χ3v) is 1.59. The van der Waals surface area contributed by atoms with Gasteiger partial charge in [-0.3, -0.25) is 0 Å².